The molecule has 0 fully saturated rings. The zero-order valence-corrected chi connectivity index (χ0v) is 10.8. The number of fused-ring (bicyclic) bond motifs is 1. The molecular weight excluding hydrogens is 256 g/mol. The lowest BCUT2D eigenvalue weighted by atomic mass is 10.1. The van der Waals surface area contributed by atoms with Gasteiger partial charge in [0.25, 0.3) is 5.56 Å². The number of rotatable bonds is 1. The summed E-state index contributed by atoms with van der Waals surface area (Å²) in [6, 6.07) is 11.5. The van der Waals surface area contributed by atoms with Crippen molar-refractivity contribution in [2.75, 3.05) is 0 Å². The van der Waals surface area contributed by atoms with Crippen LogP contribution in [-0.2, 0) is 0 Å². The Balaban J connectivity index is 2.46. The van der Waals surface area contributed by atoms with Crippen LogP contribution in [-0.4, -0.2) is 14.7 Å². The maximum absolute atomic E-state index is 12.5. The number of aryl methyl sites for hydroxylation is 1. The Morgan fingerprint density at radius 2 is 1.85 bits per heavy atom. The van der Waals surface area contributed by atoms with Gasteiger partial charge < -0.3 is 10.1 Å². The number of H-pyrrole nitrogens is 1. The summed E-state index contributed by atoms with van der Waals surface area (Å²) in [5, 5.41) is 10.2. The molecule has 0 amide bonds. The molecule has 0 aliphatic heterocycles. The first-order valence-corrected chi connectivity index (χ1v) is 6.12. The van der Waals surface area contributed by atoms with Gasteiger partial charge in [0.2, 0.25) is 0 Å². The van der Waals surface area contributed by atoms with Crippen LogP contribution in [0.2, 0.25) is 0 Å². The van der Waals surface area contributed by atoms with E-state index in [0.717, 1.165) is 10.1 Å². The fourth-order valence-corrected chi connectivity index (χ4v) is 2.20. The molecule has 0 unspecified atom stereocenters. The number of aromatic nitrogens is 2. The topological polar surface area (TPSA) is 75.1 Å². The Bertz CT molecular complexity index is 922. The number of nitrogens with one attached hydrogen (secondary N) is 1. The Kier molecular flexibility index (Phi) is 2.68. The van der Waals surface area contributed by atoms with E-state index in [1.54, 1.807) is 24.3 Å². The lowest BCUT2D eigenvalue weighted by molar-refractivity contribution is 0.471. The van der Waals surface area contributed by atoms with E-state index in [-0.39, 0.29) is 11.4 Å². The first-order chi connectivity index (χ1) is 9.58. The van der Waals surface area contributed by atoms with Crippen LogP contribution in [0.5, 0.6) is 5.75 Å². The average molecular weight is 268 g/mol. The summed E-state index contributed by atoms with van der Waals surface area (Å²) < 4.78 is 0.942. The van der Waals surface area contributed by atoms with Gasteiger partial charge in [-0.15, -0.1) is 0 Å². The normalized spacial score (nSPS) is 10.8. The van der Waals surface area contributed by atoms with Crippen LogP contribution < -0.4 is 11.2 Å². The van der Waals surface area contributed by atoms with Gasteiger partial charge in [0.1, 0.15) is 5.75 Å². The molecule has 0 saturated carbocycles. The summed E-state index contributed by atoms with van der Waals surface area (Å²) in [5.74, 6) is -0.118. The molecular formula is C15H12N2O3. The molecule has 5 nitrogen and oxygen atoms in total. The van der Waals surface area contributed by atoms with Gasteiger partial charge in [-0.1, -0.05) is 23.8 Å². The zero-order chi connectivity index (χ0) is 14.3. The highest BCUT2D eigenvalue weighted by Crippen LogP contribution is 2.18. The van der Waals surface area contributed by atoms with Crippen molar-refractivity contribution in [1.82, 2.24) is 9.55 Å². The van der Waals surface area contributed by atoms with Gasteiger partial charge in [0, 0.05) is 0 Å². The molecule has 0 aliphatic rings. The smallest absolute Gasteiger partial charge is 0.333 e. The summed E-state index contributed by atoms with van der Waals surface area (Å²) in [6.07, 6.45) is 0. The quantitative estimate of drug-likeness (QED) is 0.705. The van der Waals surface area contributed by atoms with Gasteiger partial charge in [0.05, 0.1) is 16.6 Å². The van der Waals surface area contributed by atoms with Crippen molar-refractivity contribution in [1.29, 1.82) is 0 Å². The number of hydrogen-bond donors (Lipinski definition) is 2. The van der Waals surface area contributed by atoms with E-state index >= 15 is 0 Å². The SMILES string of the molecule is Cc1ccc2[nH]c(=O)n(-c3ccccc3O)c(=O)c2c1. The lowest BCUT2D eigenvalue weighted by Gasteiger charge is -2.08. The molecule has 2 N–H and O–H groups in total. The number of benzene rings is 2. The number of phenols is 1. The molecule has 0 atom stereocenters. The Morgan fingerprint density at radius 1 is 1.10 bits per heavy atom. The average Bonchev–Trinajstić information content (AvgIpc) is 2.42. The number of aromatic amines is 1. The van der Waals surface area contributed by atoms with Crippen molar-refractivity contribution < 1.29 is 5.11 Å². The van der Waals surface area contributed by atoms with Crippen LogP contribution in [0.4, 0.5) is 0 Å². The predicted molar refractivity (Wildman–Crippen MR) is 76.6 cm³/mol. The maximum Gasteiger partial charge on any atom is 0.333 e. The van der Waals surface area contributed by atoms with Gasteiger partial charge in [-0.2, -0.15) is 0 Å². The summed E-state index contributed by atoms with van der Waals surface area (Å²) >= 11 is 0. The molecule has 100 valence electrons. The first-order valence-electron chi connectivity index (χ1n) is 6.12. The van der Waals surface area contributed by atoms with Crippen LogP contribution in [0, 0.1) is 6.92 Å². The van der Waals surface area contributed by atoms with E-state index in [1.807, 2.05) is 13.0 Å². The van der Waals surface area contributed by atoms with Gasteiger partial charge >= 0.3 is 5.69 Å². The standard InChI is InChI=1S/C15H12N2O3/c1-9-6-7-11-10(8-9)14(19)17(15(20)16-11)12-4-2-3-5-13(12)18/h2-8,18H,1H3,(H,16,20). The molecule has 0 aliphatic carbocycles. The fraction of sp³-hybridized carbons (Fsp3) is 0.0667. The second-order valence-corrected chi connectivity index (χ2v) is 4.61. The third kappa shape index (κ3) is 1.80. The van der Waals surface area contributed by atoms with Crippen LogP contribution in [0.25, 0.3) is 16.6 Å². The number of phenolic OH excluding ortho intramolecular Hbond substituents is 1. The Labute approximate surface area is 113 Å². The van der Waals surface area contributed by atoms with E-state index in [9.17, 15) is 14.7 Å². The maximum atomic E-state index is 12.5. The molecule has 2 aromatic carbocycles. The minimum Gasteiger partial charge on any atom is -0.506 e. The monoisotopic (exact) mass is 268 g/mol. The van der Waals surface area contributed by atoms with Gasteiger partial charge in [-0.05, 0) is 31.2 Å². The van der Waals surface area contributed by atoms with Gasteiger partial charge in [0.15, 0.2) is 0 Å². The minimum atomic E-state index is -0.576. The van der Waals surface area contributed by atoms with Crippen molar-refractivity contribution in [2.45, 2.75) is 6.92 Å². The highest BCUT2D eigenvalue weighted by Gasteiger charge is 2.12. The predicted octanol–water partition coefficient (Wildman–Crippen LogP) is 1.69. The van der Waals surface area contributed by atoms with E-state index in [4.69, 9.17) is 0 Å². The summed E-state index contributed by atoms with van der Waals surface area (Å²) in [6.45, 7) is 1.87. The van der Waals surface area contributed by atoms with Crippen LogP contribution in [0.3, 0.4) is 0 Å². The Morgan fingerprint density at radius 3 is 2.60 bits per heavy atom. The number of nitrogens with zero attached hydrogens (tertiary/aromatic N) is 1. The van der Waals surface area contributed by atoms with Crippen molar-refractivity contribution in [3.05, 3.63) is 68.9 Å². The van der Waals surface area contributed by atoms with Crippen LogP contribution >= 0.6 is 0 Å². The largest absolute Gasteiger partial charge is 0.506 e. The number of aromatic hydroxyl groups is 1. The van der Waals surface area contributed by atoms with E-state index in [2.05, 4.69) is 4.98 Å². The van der Waals surface area contributed by atoms with Crippen molar-refractivity contribution in [2.24, 2.45) is 0 Å². The molecule has 3 rings (SSSR count). The molecule has 1 heterocycles. The van der Waals surface area contributed by atoms with E-state index in [0.29, 0.717) is 10.9 Å². The zero-order valence-electron chi connectivity index (χ0n) is 10.8. The third-order valence-electron chi connectivity index (χ3n) is 3.18. The number of para-hydroxylation sites is 2. The third-order valence-corrected chi connectivity index (χ3v) is 3.18. The van der Waals surface area contributed by atoms with Crippen molar-refractivity contribution in [3.63, 3.8) is 0 Å². The van der Waals surface area contributed by atoms with Gasteiger partial charge in [-0.3, -0.25) is 4.79 Å². The fourth-order valence-electron chi connectivity index (χ4n) is 2.20. The lowest BCUT2D eigenvalue weighted by Crippen LogP contribution is -2.33. The van der Waals surface area contributed by atoms with Crippen LogP contribution in [0.1, 0.15) is 5.56 Å². The molecule has 0 saturated heterocycles. The summed E-state index contributed by atoms with van der Waals surface area (Å²) in [4.78, 5) is 27.2. The first kappa shape index (κ1) is 12.2. The second kappa shape index (κ2) is 4.38. The van der Waals surface area contributed by atoms with Crippen molar-refractivity contribution in [3.8, 4) is 11.4 Å². The van der Waals surface area contributed by atoms with Crippen LogP contribution in [0.15, 0.2) is 52.1 Å². The molecule has 1 aromatic heterocycles. The molecule has 0 radical (unpaired) electrons. The van der Waals surface area contributed by atoms with E-state index in [1.165, 1.54) is 12.1 Å². The molecule has 0 bridgehead atoms. The van der Waals surface area contributed by atoms with E-state index < -0.39 is 11.2 Å². The van der Waals surface area contributed by atoms with Gasteiger partial charge in [-0.25, -0.2) is 9.36 Å². The number of hydrogen-bond acceptors (Lipinski definition) is 3. The molecule has 5 heteroatoms. The minimum absolute atomic E-state index is 0.118. The Hall–Kier alpha value is -2.82. The summed E-state index contributed by atoms with van der Waals surface area (Å²) in [5.41, 5.74) is 0.548. The van der Waals surface area contributed by atoms with Crippen molar-refractivity contribution >= 4 is 10.9 Å². The molecule has 3 aromatic rings. The highest BCUT2D eigenvalue weighted by atomic mass is 16.3. The highest BCUT2D eigenvalue weighted by molar-refractivity contribution is 5.78. The molecule has 0 spiro atoms. The summed E-state index contributed by atoms with van der Waals surface area (Å²) in [7, 11) is 0. The molecule has 20 heavy (non-hydrogen) atoms. The second-order valence-electron chi connectivity index (χ2n) is 4.61.